The largest absolute Gasteiger partial charge is 0.340 e. The van der Waals surface area contributed by atoms with Gasteiger partial charge in [-0.1, -0.05) is 13.8 Å². The first kappa shape index (κ1) is 16.9. The van der Waals surface area contributed by atoms with Crippen LogP contribution in [0, 0.1) is 23.2 Å². The Balaban J connectivity index is 2.61. The Morgan fingerprint density at radius 1 is 1.50 bits per heavy atom. The maximum Gasteiger partial charge on any atom is 0.225 e. The van der Waals surface area contributed by atoms with Crippen molar-refractivity contribution in [2.45, 2.75) is 39.2 Å². The zero-order valence-corrected chi connectivity index (χ0v) is 13.1. The van der Waals surface area contributed by atoms with E-state index in [0.29, 0.717) is 31.7 Å². The number of nitrogens with one attached hydrogen (secondary N) is 1. The number of rotatable bonds is 5. The third kappa shape index (κ3) is 5.10. The van der Waals surface area contributed by atoms with E-state index in [9.17, 15) is 13.2 Å². The lowest BCUT2D eigenvalue weighted by atomic mass is 9.97. The van der Waals surface area contributed by atoms with Crippen molar-refractivity contribution >= 4 is 15.9 Å². The lowest BCUT2D eigenvalue weighted by Crippen LogP contribution is -2.47. The van der Waals surface area contributed by atoms with Gasteiger partial charge in [-0.05, 0) is 25.2 Å². The minimum atomic E-state index is -3.26. The van der Waals surface area contributed by atoms with Crippen molar-refractivity contribution in [2.75, 3.05) is 19.3 Å². The highest BCUT2D eigenvalue weighted by Gasteiger charge is 2.31. The van der Waals surface area contributed by atoms with Crippen molar-refractivity contribution in [3.63, 3.8) is 0 Å². The van der Waals surface area contributed by atoms with Crippen LogP contribution >= 0.6 is 0 Å². The van der Waals surface area contributed by atoms with Gasteiger partial charge in [0.15, 0.2) is 0 Å². The van der Waals surface area contributed by atoms with Crippen molar-refractivity contribution in [1.82, 2.24) is 9.62 Å². The van der Waals surface area contributed by atoms with Gasteiger partial charge in [0.25, 0.3) is 0 Å². The predicted molar refractivity (Wildman–Crippen MR) is 76.1 cm³/mol. The Morgan fingerprint density at radius 2 is 2.15 bits per heavy atom. The second-order valence-electron chi connectivity index (χ2n) is 5.78. The molecule has 0 bridgehead atoms. The van der Waals surface area contributed by atoms with Crippen molar-refractivity contribution in [3.05, 3.63) is 0 Å². The fourth-order valence-corrected chi connectivity index (χ4v) is 3.27. The number of nitrogens with zero attached hydrogens (tertiary/aromatic N) is 2. The van der Waals surface area contributed by atoms with Crippen LogP contribution in [0.3, 0.4) is 0 Å². The van der Waals surface area contributed by atoms with Crippen LogP contribution in [-0.4, -0.2) is 44.0 Å². The standard InChI is InChI=1S/C13H23N3O3S/c1-10(2)7-12(8-14)15-13(17)11-5-4-6-16(9-11)20(3,18)19/h10-12H,4-7,9H2,1-3H3,(H,15,17). The van der Waals surface area contributed by atoms with E-state index in [1.807, 2.05) is 13.8 Å². The summed E-state index contributed by atoms with van der Waals surface area (Å²) in [5.74, 6) is -0.258. The van der Waals surface area contributed by atoms with Crippen LogP contribution in [0.15, 0.2) is 0 Å². The topological polar surface area (TPSA) is 90.3 Å². The van der Waals surface area contributed by atoms with E-state index >= 15 is 0 Å². The van der Waals surface area contributed by atoms with Crippen LogP contribution in [-0.2, 0) is 14.8 Å². The molecular weight excluding hydrogens is 278 g/mol. The lowest BCUT2D eigenvalue weighted by molar-refractivity contribution is -0.126. The molecule has 1 N–H and O–H groups in total. The number of hydrogen-bond acceptors (Lipinski definition) is 4. The van der Waals surface area contributed by atoms with Gasteiger partial charge in [-0.25, -0.2) is 12.7 Å². The molecule has 20 heavy (non-hydrogen) atoms. The molecule has 1 rings (SSSR count). The molecule has 1 saturated heterocycles. The summed E-state index contributed by atoms with van der Waals surface area (Å²) >= 11 is 0. The third-order valence-corrected chi connectivity index (χ3v) is 4.67. The molecule has 0 saturated carbocycles. The van der Waals surface area contributed by atoms with E-state index in [1.54, 1.807) is 0 Å². The maximum absolute atomic E-state index is 12.1. The molecule has 0 aliphatic carbocycles. The summed E-state index contributed by atoms with van der Waals surface area (Å²) < 4.78 is 24.4. The van der Waals surface area contributed by atoms with Crippen LogP contribution in [0.1, 0.15) is 33.1 Å². The normalized spacial score (nSPS) is 22.2. The molecule has 1 fully saturated rings. The number of amides is 1. The lowest BCUT2D eigenvalue weighted by Gasteiger charge is -2.30. The van der Waals surface area contributed by atoms with Crippen LogP contribution in [0.25, 0.3) is 0 Å². The number of piperidine rings is 1. The van der Waals surface area contributed by atoms with Crippen molar-refractivity contribution < 1.29 is 13.2 Å². The van der Waals surface area contributed by atoms with Gasteiger partial charge in [0.1, 0.15) is 6.04 Å². The van der Waals surface area contributed by atoms with Gasteiger partial charge in [-0.15, -0.1) is 0 Å². The predicted octanol–water partition coefficient (Wildman–Crippen LogP) is 0.712. The highest BCUT2D eigenvalue weighted by atomic mass is 32.2. The molecule has 0 spiro atoms. The van der Waals surface area contributed by atoms with Gasteiger partial charge in [0, 0.05) is 13.1 Å². The smallest absolute Gasteiger partial charge is 0.225 e. The molecule has 0 radical (unpaired) electrons. The highest BCUT2D eigenvalue weighted by molar-refractivity contribution is 7.88. The van der Waals surface area contributed by atoms with Gasteiger partial charge >= 0.3 is 0 Å². The second-order valence-corrected chi connectivity index (χ2v) is 7.76. The van der Waals surface area contributed by atoms with E-state index in [1.165, 1.54) is 4.31 Å². The summed E-state index contributed by atoms with van der Waals surface area (Å²) in [4.78, 5) is 12.1. The Kier molecular flexibility index (Phi) is 5.96. The molecular formula is C13H23N3O3S. The van der Waals surface area contributed by atoms with Gasteiger partial charge in [0.05, 0.1) is 18.2 Å². The number of carbonyl (C=O) groups excluding carboxylic acids is 1. The SMILES string of the molecule is CC(C)CC(C#N)NC(=O)C1CCCN(S(C)(=O)=O)C1. The molecule has 2 unspecified atom stereocenters. The fourth-order valence-electron chi connectivity index (χ4n) is 2.36. The van der Waals surface area contributed by atoms with Gasteiger partial charge in [0.2, 0.25) is 15.9 Å². The second kappa shape index (κ2) is 7.04. The summed E-state index contributed by atoms with van der Waals surface area (Å²) in [7, 11) is -3.26. The summed E-state index contributed by atoms with van der Waals surface area (Å²) in [5, 5.41) is 11.8. The molecule has 7 heteroatoms. The highest BCUT2D eigenvalue weighted by Crippen LogP contribution is 2.19. The van der Waals surface area contributed by atoms with Crippen molar-refractivity contribution in [2.24, 2.45) is 11.8 Å². The summed E-state index contributed by atoms with van der Waals surface area (Å²) in [6, 6.07) is 1.58. The molecule has 1 amide bonds. The van der Waals surface area contributed by atoms with E-state index in [2.05, 4.69) is 11.4 Å². The van der Waals surface area contributed by atoms with Crippen molar-refractivity contribution in [3.8, 4) is 6.07 Å². The molecule has 1 aliphatic rings. The minimum Gasteiger partial charge on any atom is -0.340 e. The average molecular weight is 301 g/mol. The van der Waals surface area contributed by atoms with Crippen LogP contribution < -0.4 is 5.32 Å². The number of nitriles is 1. The van der Waals surface area contributed by atoms with Gasteiger partial charge < -0.3 is 5.32 Å². The summed E-state index contributed by atoms with van der Waals surface area (Å²) in [5.41, 5.74) is 0. The average Bonchev–Trinajstić information content (AvgIpc) is 2.36. The first-order valence-electron chi connectivity index (χ1n) is 6.89. The van der Waals surface area contributed by atoms with E-state index < -0.39 is 16.1 Å². The summed E-state index contributed by atoms with van der Waals surface area (Å²) in [6.45, 7) is 4.66. The Hall–Kier alpha value is -1.13. The molecule has 0 aromatic rings. The molecule has 0 aromatic carbocycles. The maximum atomic E-state index is 12.1. The Morgan fingerprint density at radius 3 is 2.65 bits per heavy atom. The minimum absolute atomic E-state index is 0.213. The third-order valence-electron chi connectivity index (χ3n) is 3.40. The van der Waals surface area contributed by atoms with E-state index in [4.69, 9.17) is 5.26 Å². The zero-order valence-electron chi connectivity index (χ0n) is 12.3. The van der Waals surface area contributed by atoms with Crippen LogP contribution in [0.4, 0.5) is 0 Å². The van der Waals surface area contributed by atoms with E-state index in [0.717, 1.165) is 6.26 Å². The number of carbonyl (C=O) groups is 1. The van der Waals surface area contributed by atoms with Crippen LogP contribution in [0.2, 0.25) is 0 Å². The molecule has 1 heterocycles. The first-order valence-corrected chi connectivity index (χ1v) is 8.74. The molecule has 6 nitrogen and oxygen atoms in total. The zero-order chi connectivity index (χ0) is 15.3. The van der Waals surface area contributed by atoms with Gasteiger partial charge in [-0.3, -0.25) is 4.79 Å². The fraction of sp³-hybridized carbons (Fsp3) is 0.846. The van der Waals surface area contributed by atoms with E-state index in [-0.39, 0.29) is 18.4 Å². The molecule has 1 aliphatic heterocycles. The summed E-state index contributed by atoms with van der Waals surface area (Å²) in [6.07, 6.45) is 3.10. The van der Waals surface area contributed by atoms with Gasteiger partial charge in [-0.2, -0.15) is 5.26 Å². The molecule has 114 valence electrons. The molecule has 0 aromatic heterocycles. The quantitative estimate of drug-likeness (QED) is 0.810. The number of hydrogen-bond donors (Lipinski definition) is 1. The molecule has 2 atom stereocenters. The first-order chi connectivity index (χ1) is 9.24. The Bertz CT molecular complexity index is 482. The van der Waals surface area contributed by atoms with Crippen LogP contribution in [0.5, 0.6) is 0 Å². The number of sulfonamides is 1. The monoisotopic (exact) mass is 301 g/mol. The Labute approximate surface area is 121 Å². The van der Waals surface area contributed by atoms with Crippen molar-refractivity contribution in [1.29, 1.82) is 5.26 Å².